The van der Waals surface area contributed by atoms with Crippen LogP contribution in [0.5, 0.6) is 11.5 Å². The molecule has 2 fully saturated rings. The minimum Gasteiger partial charge on any atom is -0.489 e. The van der Waals surface area contributed by atoms with Gasteiger partial charge in [0.15, 0.2) is 0 Å². The monoisotopic (exact) mass is 830 g/mol. The van der Waals surface area contributed by atoms with Gasteiger partial charge >= 0.3 is 0 Å². The van der Waals surface area contributed by atoms with Gasteiger partial charge in [-0.3, -0.25) is 4.79 Å². The number of aliphatic hydroxyl groups is 2. The van der Waals surface area contributed by atoms with E-state index < -0.39 is 17.7 Å². The SMILES string of the molecule is C=CCOC12Oc3ccc(OCc4ccccc4F)cc3C3C(CCCCO)C(CCCCO)C=C(C(=NOCC)CC1N(Cc1cccc4ccccc14)C(=O)C1CC1)C32. The molecule has 4 aromatic carbocycles. The van der Waals surface area contributed by atoms with Crippen LogP contribution in [0.4, 0.5) is 4.39 Å². The summed E-state index contributed by atoms with van der Waals surface area (Å²) in [4.78, 5) is 22.9. The van der Waals surface area contributed by atoms with Gasteiger partial charge in [0.25, 0.3) is 0 Å². The maximum Gasteiger partial charge on any atom is 0.239 e. The molecule has 6 unspecified atom stereocenters. The molecule has 322 valence electrons. The molecule has 2 saturated carbocycles. The number of unbranched alkanes of at least 4 members (excludes halogenated alkanes) is 2. The first kappa shape index (κ1) is 42.7. The van der Waals surface area contributed by atoms with E-state index in [-0.39, 0.29) is 61.8 Å². The molecule has 4 aromatic rings. The van der Waals surface area contributed by atoms with Crippen molar-refractivity contribution in [3.63, 3.8) is 0 Å². The summed E-state index contributed by atoms with van der Waals surface area (Å²) in [5.41, 5.74) is 4.20. The van der Waals surface area contributed by atoms with Crippen LogP contribution in [0.15, 0.2) is 114 Å². The quantitative estimate of drug-likeness (QED) is 0.0519. The Morgan fingerprint density at radius 2 is 1.72 bits per heavy atom. The van der Waals surface area contributed by atoms with Crippen molar-refractivity contribution in [3.05, 3.63) is 132 Å². The smallest absolute Gasteiger partial charge is 0.239 e. The van der Waals surface area contributed by atoms with Crippen LogP contribution in [-0.2, 0) is 27.5 Å². The van der Waals surface area contributed by atoms with Crippen molar-refractivity contribution >= 4 is 22.4 Å². The largest absolute Gasteiger partial charge is 0.489 e. The van der Waals surface area contributed by atoms with Crippen LogP contribution in [0.2, 0.25) is 0 Å². The lowest BCUT2D eigenvalue weighted by atomic mass is 9.55. The van der Waals surface area contributed by atoms with E-state index in [9.17, 15) is 19.4 Å². The van der Waals surface area contributed by atoms with Gasteiger partial charge in [0.05, 0.1) is 18.2 Å². The van der Waals surface area contributed by atoms with E-state index in [4.69, 9.17) is 24.2 Å². The standard InChI is InChI=1S/C51H59FN2O7/c1-3-28-59-51-47(54(50(57)35-22-23-35)32-37-18-13-17-34-14-5-7-19-40(34)37)31-45(53-60-4-2)42-29-36(15-9-11-26-55)41(20-10-12-27-56)48(49(42)51)43-30-39(24-25-46(43)61-51)58-33-38-16-6-8-21-44(38)52/h3,5-8,13-14,16-19,21,24-25,29-30,35-36,41,47-49,55-56H,1,4,9-12,15,20,22-23,26-28,31-33H2,2H3. The van der Waals surface area contributed by atoms with Crippen molar-refractivity contribution in [2.75, 3.05) is 26.4 Å². The third-order valence-electron chi connectivity index (χ3n) is 13.1. The summed E-state index contributed by atoms with van der Waals surface area (Å²) in [6.45, 7) is 7.16. The van der Waals surface area contributed by atoms with Gasteiger partial charge in [-0.05, 0) is 103 Å². The Kier molecular flexibility index (Phi) is 13.5. The van der Waals surface area contributed by atoms with Crippen LogP contribution in [0.3, 0.4) is 0 Å². The lowest BCUT2D eigenvalue weighted by molar-refractivity contribution is -0.258. The van der Waals surface area contributed by atoms with Crippen LogP contribution >= 0.6 is 0 Å². The number of oxime groups is 1. The molecule has 8 rings (SSSR count). The summed E-state index contributed by atoms with van der Waals surface area (Å²) in [6, 6.07) is 26.4. The zero-order chi connectivity index (χ0) is 42.3. The van der Waals surface area contributed by atoms with Gasteiger partial charge in [-0.2, -0.15) is 0 Å². The summed E-state index contributed by atoms with van der Waals surface area (Å²) in [7, 11) is 0. The molecule has 0 aromatic heterocycles. The summed E-state index contributed by atoms with van der Waals surface area (Å²) < 4.78 is 35.7. The highest BCUT2D eigenvalue weighted by Gasteiger charge is 2.66. The topological polar surface area (TPSA) is 110 Å². The zero-order valence-corrected chi connectivity index (χ0v) is 35.2. The van der Waals surface area contributed by atoms with E-state index in [0.29, 0.717) is 49.5 Å². The van der Waals surface area contributed by atoms with Crippen molar-refractivity contribution < 1.29 is 38.4 Å². The Labute approximate surface area is 358 Å². The van der Waals surface area contributed by atoms with Gasteiger partial charge in [-0.25, -0.2) is 4.39 Å². The maximum absolute atomic E-state index is 15.0. The summed E-state index contributed by atoms with van der Waals surface area (Å²) in [6.07, 6.45) is 10.7. The first-order valence-electron chi connectivity index (χ1n) is 22.2. The fourth-order valence-corrected chi connectivity index (χ4v) is 10.2. The number of nitrogens with zero attached hydrogens (tertiary/aromatic N) is 2. The Morgan fingerprint density at radius 1 is 0.967 bits per heavy atom. The number of halogens is 1. The van der Waals surface area contributed by atoms with E-state index in [1.54, 1.807) is 24.3 Å². The normalized spacial score (nSPS) is 24.6. The van der Waals surface area contributed by atoms with Gasteiger partial charge in [0.1, 0.15) is 36.6 Å². The fourth-order valence-electron chi connectivity index (χ4n) is 10.2. The van der Waals surface area contributed by atoms with Gasteiger partial charge < -0.3 is 34.2 Å². The molecule has 2 N–H and O–H groups in total. The van der Waals surface area contributed by atoms with Crippen molar-refractivity contribution in [2.24, 2.45) is 28.8 Å². The molecule has 10 heteroatoms. The summed E-state index contributed by atoms with van der Waals surface area (Å²) >= 11 is 0. The summed E-state index contributed by atoms with van der Waals surface area (Å²) in [5, 5.41) is 26.9. The second-order valence-electron chi connectivity index (χ2n) is 16.9. The predicted molar refractivity (Wildman–Crippen MR) is 235 cm³/mol. The number of amides is 1. The highest BCUT2D eigenvalue weighted by atomic mass is 19.1. The highest BCUT2D eigenvalue weighted by molar-refractivity contribution is 6.03. The molecule has 0 bridgehead atoms. The van der Waals surface area contributed by atoms with Crippen LogP contribution in [0, 0.1) is 29.5 Å². The average Bonchev–Trinajstić information content (AvgIpc) is 4.14. The molecule has 1 amide bonds. The molecule has 9 nitrogen and oxygen atoms in total. The molecule has 6 atom stereocenters. The average molecular weight is 831 g/mol. The third kappa shape index (κ3) is 8.86. The first-order chi connectivity index (χ1) is 29.9. The van der Waals surface area contributed by atoms with Crippen molar-refractivity contribution in [2.45, 2.75) is 95.6 Å². The number of carbonyl (C=O) groups excluding carboxylic acids is 1. The number of carbonyl (C=O) groups is 1. The number of hydrogen-bond acceptors (Lipinski definition) is 8. The van der Waals surface area contributed by atoms with E-state index in [2.05, 4.69) is 43.0 Å². The maximum atomic E-state index is 15.0. The van der Waals surface area contributed by atoms with Crippen LogP contribution in [0.1, 0.15) is 87.3 Å². The zero-order valence-electron chi connectivity index (χ0n) is 35.2. The highest BCUT2D eigenvalue weighted by Crippen LogP contribution is 2.62. The van der Waals surface area contributed by atoms with Gasteiger partial charge in [-0.15, -0.1) is 6.58 Å². The van der Waals surface area contributed by atoms with Gasteiger partial charge in [0, 0.05) is 49.1 Å². The Bertz CT molecular complexity index is 2230. The first-order valence-corrected chi connectivity index (χ1v) is 22.2. The summed E-state index contributed by atoms with van der Waals surface area (Å²) in [5.74, 6) is -0.957. The second-order valence-corrected chi connectivity index (χ2v) is 16.9. The molecule has 3 aliphatic carbocycles. The number of fused-ring (bicyclic) bond motifs is 3. The molecule has 1 heterocycles. The molecule has 0 spiro atoms. The minimum absolute atomic E-state index is 0.0569. The molecule has 0 radical (unpaired) electrons. The molecular weight excluding hydrogens is 772 g/mol. The van der Waals surface area contributed by atoms with Crippen molar-refractivity contribution in [1.82, 2.24) is 4.90 Å². The Morgan fingerprint density at radius 3 is 2.49 bits per heavy atom. The van der Waals surface area contributed by atoms with Crippen molar-refractivity contribution in [1.29, 1.82) is 0 Å². The van der Waals surface area contributed by atoms with E-state index in [1.807, 2.05) is 42.2 Å². The molecule has 0 saturated heterocycles. The van der Waals surface area contributed by atoms with Crippen LogP contribution in [0.25, 0.3) is 10.8 Å². The van der Waals surface area contributed by atoms with Gasteiger partial charge in [0.2, 0.25) is 11.7 Å². The molecular formula is C51H59FN2O7. The number of hydrogen-bond donors (Lipinski definition) is 2. The fraction of sp³-hybridized carbons (Fsp3) is 0.451. The van der Waals surface area contributed by atoms with Gasteiger partial charge in [-0.1, -0.05) is 90.8 Å². The Balaban J connectivity index is 1.32. The third-order valence-corrected chi connectivity index (χ3v) is 13.1. The minimum atomic E-state index is -1.36. The predicted octanol–water partition coefficient (Wildman–Crippen LogP) is 9.65. The number of allylic oxidation sites excluding steroid dienone is 1. The Hall–Kier alpha value is -5.03. The molecule has 1 aliphatic heterocycles. The van der Waals surface area contributed by atoms with E-state index >= 15 is 0 Å². The lowest BCUT2D eigenvalue weighted by Crippen LogP contribution is -2.70. The number of rotatable bonds is 20. The molecule has 4 aliphatic rings. The number of aliphatic hydroxyl groups excluding tert-OH is 2. The van der Waals surface area contributed by atoms with Crippen molar-refractivity contribution in [3.8, 4) is 11.5 Å². The lowest BCUT2D eigenvalue weighted by Gasteiger charge is -2.60. The van der Waals surface area contributed by atoms with E-state index in [1.165, 1.54) is 6.07 Å². The number of ether oxygens (including phenoxy) is 3. The van der Waals surface area contributed by atoms with Crippen LogP contribution in [-0.4, -0.2) is 65.0 Å². The van der Waals surface area contributed by atoms with Crippen LogP contribution < -0.4 is 9.47 Å². The van der Waals surface area contributed by atoms with E-state index in [0.717, 1.165) is 71.7 Å². The second kappa shape index (κ2) is 19.3. The number of benzene rings is 4. The molecule has 61 heavy (non-hydrogen) atoms.